The maximum Gasteiger partial charge on any atom is 0.321 e. The Morgan fingerprint density at radius 3 is 2.44 bits per heavy atom. The predicted molar refractivity (Wildman–Crippen MR) is 140 cm³/mol. The lowest BCUT2D eigenvalue weighted by Gasteiger charge is -2.26. The standard InChI is InChI=1S/C29H28N4O3/c1-19-9-8-12-21(17-19)30-28(36)32-26-27(35)33(18-24(34)29(2)15-16-29)23-14-7-6-13-22(23)25(31-26)20-10-4-3-5-11-20/h3-14,17,26H,15-16,18H2,1-2H3,(H2,30,32,36). The van der Waals surface area contributed by atoms with Gasteiger partial charge in [-0.3, -0.25) is 9.59 Å². The van der Waals surface area contributed by atoms with Crippen LogP contribution in [0.25, 0.3) is 0 Å². The van der Waals surface area contributed by atoms with Crippen LogP contribution in [-0.4, -0.2) is 36.1 Å². The molecular formula is C29H28N4O3. The molecule has 1 fully saturated rings. The molecule has 1 saturated carbocycles. The molecule has 1 atom stereocenters. The second kappa shape index (κ2) is 9.41. The zero-order chi connectivity index (χ0) is 25.3. The van der Waals surface area contributed by atoms with Gasteiger partial charge in [-0.25, -0.2) is 9.79 Å². The fraction of sp³-hybridized carbons (Fsp3) is 0.241. The number of ketones is 1. The number of hydrogen-bond acceptors (Lipinski definition) is 4. The zero-order valence-electron chi connectivity index (χ0n) is 20.3. The van der Waals surface area contributed by atoms with Crippen molar-refractivity contribution in [3.8, 4) is 0 Å². The molecule has 3 aromatic rings. The molecule has 7 nitrogen and oxygen atoms in total. The van der Waals surface area contributed by atoms with Crippen molar-refractivity contribution in [1.29, 1.82) is 0 Å². The van der Waals surface area contributed by atoms with Crippen LogP contribution in [0, 0.1) is 12.3 Å². The van der Waals surface area contributed by atoms with Crippen LogP contribution >= 0.6 is 0 Å². The van der Waals surface area contributed by atoms with Gasteiger partial charge in [0.25, 0.3) is 5.91 Å². The van der Waals surface area contributed by atoms with Crippen molar-refractivity contribution in [2.45, 2.75) is 32.9 Å². The number of nitrogens with zero attached hydrogens (tertiary/aromatic N) is 2. The maximum absolute atomic E-state index is 13.8. The van der Waals surface area contributed by atoms with Crippen molar-refractivity contribution in [2.75, 3.05) is 16.8 Å². The predicted octanol–water partition coefficient (Wildman–Crippen LogP) is 4.70. The number of rotatable bonds is 6. The van der Waals surface area contributed by atoms with Crippen molar-refractivity contribution in [3.05, 3.63) is 95.6 Å². The van der Waals surface area contributed by atoms with E-state index in [1.54, 1.807) is 6.07 Å². The first-order chi connectivity index (χ1) is 17.3. The highest BCUT2D eigenvalue weighted by molar-refractivity contribution is 6.21. The Kier molecular flexibility index (Phi) is 6.14. The first kappa shape index (κ1) is 23.5. The number of fused-ring (bicyclic) bond motifs is 1. The zero-order valence-corrected chi connectivity index (χ0v) is 20.3. The number of para-hydroxylation sites is 1. The van der Waals surface area contributed by atoms with Crippen molar-refractivity contribution >= 4 is 34.8 Å². The number of hydrogen-bond donors (Lipinski definition) is 2. The lowest BCUT2D eigenvalue weighted by Crippen LogP contribution is -2.50. The molecule has 2 N–H and O–H groups in total. The average molecular weight is 481 g/mol. The largest absolute Gasteiger partial charge is 0.321 e. The first-order valence-electron chi connectivity index (χ1n) is 12.1. The molecule has 0 radical (unpaired) electrons. The van der Waals surface area contributed by atoms with E-state index in [9.17, 15) is 14.4 Å². The van der Waals surface area contributed by atoms with E-state index >= 15 is 0 Å². The fourth-order valence-electron chi connectivity index (χ4n) is 4.33. The minimum absolute atomic E-state index is 0.0109. The third-order valence-electron chi connectivity index (χ3n) is 6.77. The number of nitrogens with one attached hydrogen (secondary N) is 2. The van der Waals surface area contributed by atoms with Crippen LogP contribution in [0.2, 0.25) is 0 Å². The van der Waals surface area contributed by atoms with Gasteiger partial charge in [-0.05, 0) is 43.5 Å². The summed E-state index contributed by atoms with van der Waals surface area (Å²) in [5.41, 5.74) is 3.93. The number of amides is 3. The Bertz CT molecular complexity index is 1360. The van der Waals surface area contributed by atoms with Crippen molar-refractivity contribution in [1.82, 2.24) is 5.32 Å². The molecule has 3 amide bonds. The topological polar surface area (TPSA) is 90.9 Å². The third-order valence-corrected chi connectivity index (χ3v) is 6.77. The monoisotopic (exact) mass is 480 g/mol. The van der Waals surface area contributed by atoms with E-state index in [2.05, 4.69) is 10.6 Å². The molecule has 5 rings (SSSR count). The molecule has 3 aromatic carbocycles. The van der Waals surface area contributed by atoms with Gasteiger partial charge in [-0.2, -0.15) is 0 Å². The SMILES string of the molecule is Cc1cccc(NC(=O)NC2N=C(c3ccccc3)c3ccccc3N(CC(=O)C3(C)CC3)C2=O)c1. The van der Waals surface area contributed by atoms with Crippen molar-refractivity contribution < 1.29 is 14.4 Å². The highest BCUT2D eigenvalue weighted by Crippen LogP contribution is 2.46. The minimum Gasteiger partial charge on any atom is -0.308 e. The number of aryl methyl sites for hydroxylation is 1. The summed E-state index contributed by atoms with van der Waals surface area (Å²) < 4.78 is 0. The molecule has 0 aromatic heterocycles. The summed E-state index contributed by atoms with van der Waals surface area (Å²) in [4.78, 5) is 46.1. The van der Waals surface area contributed by atoms with Crippen molar-refractivity contribution in [3.63, 3.8) is 0 Å². The number of benzodiazepines with no additional fused rings is 1. The highest BCUT2D eigenvalue weighted by Gasteiger charge is 2.46. The smallest absolute Gasteiger partial charge is 0.308 e. The van der Waals surface area contributed by atoms with E-state index < -0.39 is 23.5 Å². The third kappa shape index (κ3) is 4.77. The summed E-state index contributed by atoms with van der Waals surface area (Å²) in [6.45, 7) is 3.79. The van der Waals surface area contributed by atoms with Gasteiger partial charge in [-0.15, -0.1) is 0 Å². The van der Waals surface area contributed by atoms with Crippen LogP contribution in [0.15, 0.2) is 83.9 Å². The van der Waals surface area contributed by atoms with Gasteiger partial charge in [0.15, 0.2) is 5.78 Å². The molecule has 1 unspecified atom stereocenters. The van der Waals surface area contributed by atoms with E-state index in [0.717, 1.165) is 29.5 Å². The Morgan fingerprint density at radius 2 is 1.72 bits per heavy atom. The summed E-state index contributed by atoms with van der Waals surface area (Å²) in [6.07, 6.45) is 0.432. The summed E-state index contributed by atoms with van der Waals surface area (Å²) in [6, 6.07) is 23.8. The lowest BCUT2D eigenvalue weighted by atomic mass is 9.99. The highest BCUT2D eigenvalue weighted by atomic mass is 16.2. The minimum atomic E-state index is -1.21. The lowest BCUT2D eigenvalue weighted by molar-refractivity contribution is -0.125. The number of aliphatic imine (C=N–C) groups is 1. The Hall–Kier alpha value is -4.26. The van der Waals surface area contributed by atoms with Gasteiger partial charge >= 0.3 is 6.03 Å². The number of Topliss-reactive ketones (excluding diaryl/α,β-unsaturated/α-hetero) is 1. The number of carbonyl (C=O) groups excluding carboxylic acids is 3. The molecule has 0 spiro atoms. The van der Waals surface area contributed by atoms with E-state index in [-0.39, 0.29) is 12.3 Å². The van der Waals surface area contributed by atoms with Gasteiger partial charge in [0.2, 0.25) is 6.17 Å². The molecular weight excluding hydrogens is 452 g/mol. The van der Waals surface area contributed by atoms with Crippen LogP contribution in [0.1, 0.15) is 36.5 Å². The van der Waals surface area contributed by atoms with Gasteiger partial charge < -0.3 is 15.5 Å². The fourth-order valence-corrected chi connectivity index (χ4v) is 4.33. The van der Waals surface area contributed by atoms with Crippen LogP contribution < -0.4 is 15.5 Å². The summed E-state index contributed by atoms with van der Waals surface area (Å²) in [5.74, 6) is -0.442. The number of benzene rings is 3. The summed E-state index contributed by atoms with van der Waals surface area (Å²) >= 11 is 0. The molecule has 0 saturated heterocycles. The van der Waals surface area contributed by atoms with Crippen LogP contribution in [0.4, 0.5) is 16.2 Å². The number of carbonyl (C=O) groups is 3. The average Bonchev–Trinajstić information content (AvgIpc) is 3.64. The van der Waals surface area contributed by atoms with Gasteiger partial charge in [0.05, 0.1) is 17.9 Å². The molecule has 1 aliphatic heterocycles. The maximum atomic E-state index is 13.8. The Balaban J connectivity index is 1.53. The second-order valence-electron chi connectivity index (χ2n) is 9.64. The van der Waals surface area contributed by atoms with Crippen LogP contribution in [0.5, 0.6) is 0 Å². The molecule has 7 heteroatoms. The van der Waals surface area contributed by atoms with Gasteiger partial charge in [0, 0.05) is 22.2 Å². The Labute approximate surface area is 210 Å². The molecule has 2 aliphatic rings. The van der Waals surface area contributed by atoms with E-state index in [1.807, 2.05) is 86.6 Å². The van der Waals surface area contributed by atoms with E-state index in [1.165, 1.54) is 4.90 Å². The van der Waals surface area contributed by atoms with Gasteiger partial charge in [0.1, 0.15) is 0 Å². The molecule has 1 heterocycles. The molecule has 36 heavy (non-hydrogen) atoms. The number of urea groups is 1. The summed E-state index contributed by atoms with van der Waals surface area (Å²) in [7, 11) is 0. The van der Waals surface area contributed by atoms with Gasteiger partial charge in [-0.1, -0.05) is 67.6 Å². The summed E-state index contributed by atoms with van der Waals surface area (Å²) in [5, 5.41) is 5.51. The molecule has 0 bridgehead atoms. The quantitative estimate of drug-likeness (QED) is 0.536. The van der Waals surface area contributed by atoms with Crippen molar-refractivity contribution in [2.24, 2.45) is 10.4 Å². The normalized spacial score (nSPS) is 17.9. The molecule has 182 valence electrons. The van der Waals surface area contributed by atoms with Crippen LogP contribution in [0.3, 0.4) is 0 Å². The second-order valence-corrected chi connectivity index (χ2v) is 9.64. The van der Waals surface area contributed by atoms with E-state index in [4.69, 9.17) is 4.99 Å². The molecule has 1 aliphatic carbocycles. The first-order valence-corrected chi connectivity index (χ1v) is 12.1. The Morgan fingerprint density at radius 1 is 1.00 bits per heavy atom. The van der Waals surface area contributed by atoms with E-state index in [0.29, 0.717) is 17.1 Å². The van der Waals surface area contributed by atoms with Crippen LogP contribution in [-0.2, 0) is 9.59 Å². The number of anilines is 2.